The number of halogens is 3. The van der Waals surface area contributed by atoms with Crippen LogP contribution in [-0.2, 0) is 17.5 Å². The van der Waals surface area contributed by atoms with E-state index in [1.54, 1.807) is 23.5 Å². The van der Waals surface area contributed by atoms with Gasteiger partial charge in [0, 0.05) is 29.9 Å². The minimum Gasteiger partial charge on any atom is -0.326 e. The largest absolute Gasteiger partial charge is 0.435 e. The Hall–Kier alpha value is -3.20. The molecule has 4 aromatic rings. The Balaban J connectivity index is 1.38. The van der Waals surface area contributed by atoms with Gasteiger partial charge < -0.3 is 5.32 Å². The number of carbonyl (C=O) groups is 1. The highest BCUT2D eigenvalue weighted by molar-refractivity contribution is 7.21. The first-order valence-electron chi connectivity index (χ1n) is 9.58. The number of nitrogens with one attached hydrogen (secondary N) is 1. The number of carbonyl (C=O) groups excluding carboxylic acids is 1. The lowest BCUT2D eigenvalue weighted by Gasteiger charge is -2.07. The molecule has 0 atom stereocenters. The molecule has 0 unspecified atom stereocenters. The smallest absolute Gasteiger partial charge is 0.326 e. The molecule has 1 amide bonds. The highest BCUT2D eigenvalue weighted by atomic mass is 32.1. The number of aromatic nitrogens is 3. The Bertz CT molecular complexity index is 1240. The van der Waals surface area contributed by atoms with Crippen LogP contribution in [0.25, 0.3) is 20.8 Å². The molecule has 5 nitrogen and oxygen atoms in total. The summed E-state index contributed by atoms with van der Waals surface area (Å²) in [6.45, 7) is 3.64. The Kier molecular flexibility index (Phi) is 5.53. The van der Waals surface area contributed by atoms with Gasteiger partial charge in [-0.05, 0) is 61.9 Å². The molecule has 2 aromatic heterocycles. The number of thiazole rings is 1. The van der Waals surface area contributed by atoms with Crippen molar-refractivity contribution < 1.29 is 18.0 Å². The van der Waals surface area contributed by atoms with Crippen LogP contribution in [0.5, 0.6) is 0 Å². The normalized spacial score (nSPS) is 11.8. The fourth-order valence-electron chi connectivity index (χ4n) is 3.16. The Morgan fingerprint density at radius 2 is 1.84 bits per heavy atom. The molecule has 0 radical (unpaired) electrons. The molecule has 0 bridgehead atoms. The molecule has 2 aromatic carbocycles. The first kappa shape index (κ1) is 21.0. The number of hydrogen-bond donors (Lipinski definition) is 1. The Morgan fingerprint density at radius 3 is 2.52 bits per heavy atom. The van der Waals surface area contributed by atoms with E-state index < -0.39 is 11.9 Å². The minimum atomic E-state index is -4.50. The topological polar surface area (TPSA) is 59.8 Å². The number of anilines is 1. The maximum absolute atomic E-state index is 12.7. The van der Waals surface area contributed by atoms with Gasteiger partial charge in [0.05, 0.1) is 10.2 Å². The van der Waals surface area contributed by atoms with Crippen molar-refractivity contribution in [2.24, 2.45) is 0 Å². The van der Waals surface area contributed by atoms with Gasteiger partial charge in [-0.2, -0.15) is 18.3 Å². The third-order valence-electron chi connectivity index (χ3n) is 4.78. The SMILES string of the molecule is Cc1ccc2nc(-c3ccc(NC(=O)CCn4nc(C(F)(F)F)cc4C)cc3)sc2c1. The fourth-order valence-corrected chi connectivity index (χ4v) is 4.23. The number of hydrogen-bond acceptors (Lipinski definition) is 4. The third-order valence-corrected chi connectivity index (χ3v) is 5.85. The van der Waals surface area contributed by atoms with E-state index in [1.165, 1.54) is 17.2 Å². The van der Waals surface area contributed by atoms with Crippen molar-refractivity contribution in [3.05, 3.63) is 65.5 Å². The van der Waals surface area contributed by atoms with E-state index >= 15 is 0 Å². The quantitative estimate of drug-likeness (QED) is 0.422. The summed E-state index contributed by atoms with van der Waals surface area (Å²) in [6.07, 6.45) is -4.49. The fraction of sp³-hybridized carbons (Fsp3) is 0.227. The number of amides is 1. The highest BCUT2D eigenvalue weighted by Crippen LogP contribution is 2.31. The molecule has 0 spiro atoms. The van der Waals surface area contributed by atoms with Crippen molar-refractivity contribution in [1.29, 1.82) is 0 Å². The summed E-state index contributed by atoms with van der Waals surface area (Å²) in [5, 5.41) is 7.19. The molecular formula is C22H19F3N4OS. The molecule has 0 aliphatic heterocycles. The molecule has 0 saturated carbocycles. The maximum atomic E-state index is 12.7. The lowest BCUT2D eigenvalue weighted by atomic mass is 10.2. The summed E-state index contributed by atoms with van der Waals surface area (Å²) in [7, 11) is 0. The van der Waals surface area contributed by atoms with Crippen LogP contribution in [0.3, 0.4) is 0 Å². The van der Waals surface area contributed by atoms with Crippen LogP contribution in [-0.4, -0.2) is 20.7 Å². The monoisotopic (exact) mass is 444 g/mol. The molecule has 0 fully saturated rings. The molecule has 0 aliphatic carbocycles. The number of rotatable bonds is 5. The van der Waals surface area contributed by atoms with Gasteiger partial charge in [-0.25, -0.2) is 4.98 Å². The first-order valence-corrected chi connectivity index (χ1v) is 10.4. The van der Waals surface area contributed by atoms with Crippen molar-refractivity contribution >= 4 is 33.1 Å². The van der Waals surface area contributed by atoms with Gasteiger partial charge in [0.15, 0.2) is 5.69 Å². The van der Waals surface area contributed by atoms with Gasteiger partial charge >= 0.3 is 6.18 Å². The maximum Gasteiger partial charge on any atom is 0.435 e. The zero-order valence-corrected chi connectivity index (χ0v) is 17.6. The van der Waals surface area contributed by atoms with E-state index in [9.17, 15) is 18.0 Å². The van der Waals surface area contributed by atoms with Crippen molar-refractivity contribution in [1.82, 2.24) is 14.8 Å². The lowest BCUT2D eigenvalue weighted by Crippen LogP contribution is -2.16. The van der Waals surface area contributed by atoms with Crippen molar-refractivity contribution in [3.8, 4) is 10.6 Å². The standard InChI is InChI=1S/C22H19F3N4OS/c1-13-3-8-17-18(11-13)31-21(27-17)15-4-6-16(7-5-15)26-20(30)9-10-29-14(2)12-19(28-29)22(23,24)25/h3-8,11-12H,9-10H2,1-2H3,(H,26,30). The van der Waals surface area contributed by atoms with Crippen LogP contribution < -0.4 is 5.32 Å². The molecule has 4 rings (SSSR count). The molecule has 0 saturated heterocycles. The summed E-state index contributed by atoms with van der Waals surface area (Å²) >= 11 is 1.61. The molecular weight excluding hydrogens is 425 g/mol. The second-order valence-corrected chi connectivity index (χ2v) is 8.29. The lowest BCUT2D eigenvalue weighted by molar-refractivity contribution is -0.141. The van der Waals surface area contributed by atoms with Crippen LogP contribution in [0.2, 0.25) is 0 Å². The molecule has 0 aliphatic rings. The third kappa shape index (κ3) is 4.77. The summed E-state index contributed by atoms with van der Waals surface area (Å²) in [5.41, 5.74) is 3.09. The summed E-state index contributed by atoms with van der Waals surface area (Å²) < 4.78 is 40.5. The molecule has 2 heterocycles. The number of benzene rings is 2. The van der Waals surface area contributed by atoms with E-state index in [1.807, 2.05) is 31.2 Å². The van der Waals surface area contributed by atoms with E-state index in [2.05, 4.69) is 21.5 Å². The predicted octanol–water partition coefficient (Wildman–Crippen LogP) is 5.82. The van der Waals surface area contributed by atoms with Gasteiger partial charge in [0.2, 0.25) is 5.91 Å². The molecule has 160 valence electrons. The van der Waals surface area contributed by atoms with Crippen molar-refractivity contribution in [2.45, 2.75) is 33.0 Å². The first-order chi connectivity index (χ1) is 14.7. The zero-order valence-electron chi connectivity index (χ0n) is 16.8. The van der Waals surface area contributed by atoms with Crippen LogP contribution >= 0.6 is 11.3 Å². The number of nitrogens with zero attached hydrogens (tertiary/aromatic N) is 3. The van der Waals surface area contributed by atoms with Crippen LogP contribution in [0, 0.1) is 13.8 Å². The molecule has 9 heteroatoms. The van der Waals surface area contributed by atoms with Gasteiger partial charge in [0.1, 0.15) is 5.01 Å². The average Bonchev–Trinajstić information content (AvgIpc) is 3.30. The van der Waals surface area contributed by atoms with Gasteiger partial charge in [-0.1, -0.05) is 6.07 Å². The summed E-state index contributed by atoms with van der Waals surface area (Å²) in [4.78, 5) is 16.9. The van der Waals surface area contributed by atoms with Crippen LogP contribution in [0.4, 0.5) is 18.9 Å². The van der Waals surface area contributed by atoms with E-state index in [4.69, 9.17) is 0 Å². The van der Waals surface area contributed by atoms with Gasteiger partial charge in [-0.15, -0.1) is 11.3 Å². The molecule has 31 heavy (non-hydrogen) atoms. The van der Waals surface area contributed by atoms with Crippen molar-refractivity contribution in [2.75, 3.05) is 5.32 Å². The summed E-state index contributed by atoms with van der Waals surface area (Å²) in [6, 6.07) is 14.4. The second kappa shape index (κ2) is 8.14. The minimum absolute atomic E-state index is 0.0127. The average molecular weight is 444 g/mol. The molecule has 1 N–H and O–H groups in total. The van der Waals surface area contributed by atoms with E-state index in [0.717, 1.165) is 26.9 Å². The predicted molar refractivity (Wildman–Crippen MR) is 115 cm³/mol. The Morgan fingerprint density at radius 1 is 1.10 bits per heavy atom. The van der Waals surface area contributed by atoms with E-state index in [-0.39, 0.29) is 18.9 Å². The number of fused-ring (bicyclic) bond motifs is 1. The number of alkyl halides is 3. The zero-order chi connectivity index (χ0) is 22.2. The highest BCUT2D eigenvalue weighted by Gasteiger charge is 2.34. The van der Waals surface area contributed by atoms with Crippen LogP contribution in [0.1, 0.15) is 23.4 Å². The van der Waals surface area contributed by atoms with Crippen molar-refractivity contribution in [3.63, 3.8) is 0 Å². The number of aryl methyl sites for hydroxylation is 3. The Labute approximate surface area is 180 Å². The van der Waals surface area contributed by atoms with Gasteiger partial charge in [0.25, 0.3) is 0 Å². The van der Waals surface area contributed by atoms with Crippen LogP contribution in [0.15, 0.2) is 48.5 Å². The van der Waals surface area contributed by atoms with E-state index in [0.29, 0.717) is 11.4 Å². The summed E-state index contributed by atoms with van der Waals surface area (Å²) in [5.74, 6) is -0.299. The second-order valence-electron chi connectivity index (χ2n) is 7.26. The van der Waals surface area contributed by atoms with Gasteiger partial charge in [-0.3, -0.25) is 9.48 Å².